The number of hydrogen-bond donors (Lipinski definition) is 2. The first-order valence-electron chi connectivity index (χ1n) is 8.78. The van der Waals surface area contributed by atoms with Gasteiger partial charge in [-0.3, -0.25) is 14.4 Å². The number of hydrogen-bond acceptors (Lipinski definition) is 4. The number of nitrogens with one attached hydrogen (secondary N) is 1. The summed E-state index contributed by atoms with van der Waals surface area (Å²) in [5, 5.41) is 13.7. The summed E-state index contributed by atoms with van der Waals surface area (Å²) in [4.78, 5) is 37.5. The number of nitrogens with zero attached hydrogens (tertiary/aromatic N) is 1. The van der Waals surface area contributed by atoms with Crippen LogP contribution in [0.25, 0.3) is 10.8 Å². The maximum Gasteiger partial charge on any atom is 0.305 e. The van der Waals surface area contributed by atoms with Crippen LogP contribution in [0.2, 0.25) is 0 Å². The van der Waals surface area contributed by atoms with Crippen LogP contribution in [0, 0.1) is 0 Å². The molecule has 0 aromatic heterocycles. The molecule has 7 heteroatoms. The zero-order valence-electron chi connectivity index (χ0n) is 15.3. The third-order valence-corrected chi connectivity index (χ3v) is 4.92. The number of methoxy groups -OCH3 is 1. The summed E-state index contributed by atoms with van der Waals surface area (Å²) >= 11 is 0. The van der Waals surface area contributed by atoms with Gasteiger partial charge < -0.3 is 20.1 Å². The van der Waals surface area contributed by atoms with E-state index in [9.17, 15) is 14.4 Å². The molecular formula is C20H22N2O5. The first-order chi connectivity index (χ1) is 12.9. The normalized spacial score (nSPS) is 18.1. The van der Waals surface area contributed by atoms with Gasteiger partial charge in [-0.05, 0) is 35.4 Å². The summed E-state index contributed by atoms with van der Waals surface area (Å²) < 4.78 is 5.22. The van der Waals surface area contributed by atoms with Gasteiger partial charge in [0.2, 0.25) is 11.8 Å². The Kier molecular flexibility index (Phi) is 5.30. The Balaban J connectivity index is 1.86. The fourth-order valence-corrected chi connectivity index (χ4v) is 3.38. The van der Waals surface area contributed by atoms with Crippen molar-refractivity contribution in [3.05, 3.63) is 42.0 Å². The van der Waals surface area contributed by atoms with Crippen molar-refractivity contribution >= 4 is 28.6 Å². The molecule has 1 aliphatic rings. The number of carbonyl (C=O) groups is 3. The summed E-state index contributed by atoms with van der Waals surface area (Å²) in [5.74, 6) is -1.50. The number of carboxylic acid groups (broad SMARTS) is 1. The minimum Gasteiger partial charge on any atom is -0.497 e. The molecule has 7 nitrogen and oxygen atoms in total. The molecule has 2 unspecified atom stereocenters. The van der Waals surface area contributed by atoms with Gasteiger partial charge in [0.25, 0.3) is 0 Å². The van der Waals surface area contributed by atoms with Gasteiger partial charge >= 0.3 is 5.97 Å². The van der Waals surface area contributed by atoms with Crippen molar-refractivity contribution in [1.82, 2.24) is 10.2 Å². The third-order valence-electron chi connectivity index (χ3n) is 4.92. The third kappa shape index (κ3) is 3.86. The van der Waals surface area contributed by atoms with Gasteiger partial charge in [0.1, 0.15) is 11.8 Å². The molecular weight excluding hydrogens is 348 g/mol. The van der Waals surface area contributed by atoms with Crippen LogP contribution in [0.15, 0.2) is 36.4 Å². The Morgan fingerprint density at radius 3 is 2.67 bits per heavy atom. The second-order valence-electron chi connectivity index (χ2n) is 6.63. The van der Waals surface area contributed by atoms with Crippen molar-refractivity contribution in [2.24, 2.45) is 0 Å². The topological polar surface area (TPSA) is 95.9 Å². The largest absolute Gasteiger partial charge is 0.497 e. The standard InChI is InChI=1S/C20H22N2O5/c1-12(13-3-4-15-10-16(27-2)6-5-14(15)9-13)20(26)22-8-7-21-19(25)17(22)11-18(23)24/h3-6,9-10,12,17H,7-8,11H2,1-2H3,(H,21,25)(H,23,24). The van der Waals surface area contributed by atoms with Crippen molar-refractivity contribution in [1.29, 1.82) is 0 Å². The molecule has 2 atom stereocenters. The van der Waals surface area contributed by atoms with Crippen LogP contribution in [0.4, 0.5) is 0 Å². The number of ether oxygens (including phenoxy) is 1. The average molecular weight is 370 g/mol. The number of carbonyl (C=O) groups excluding carboxylic acids is 2. The van der Waals surface area contributed by atoms with Gasteiger partial charge in [-0.25, -0.2) is 0 Å². The van der Waals surface area contributed by atoms with E-state index in [2.05, 4.69) is 5.32 Å². The number of rotatable bonds is 5. The molecule has 0 aliphatic carbocycles. The van der Waals surface area contributed by atoms with Gasteiger partial charge in [-0.1, -0.05) is 24.3 Å². The maximum absolute atomic E-state index is 13.0. The molecule has 1 aliphatic heterocycles. The van der Waals surface area contributed by atoms with E-state index < -0.39 is 30.3 Å². The van der Waals surface area contributed by atoms with Crippen molar-refractivity contribution in [3.63, 3.8) is 0 Å². The van der Waals surface area contributed by atoms with E-state index in [4.69, 9.17) is 9.84 Å². The predicted octanol–water partition coefficient (Wildman–Crippen LogP) is 1.75. The molecule has 142 valence electrons. The molecule has 2 amide bonds. The van der Waals surface area contributed by atoms with E-state index in [1.165, 1.54) is 4.90 Å². The Labute approximate surface area is 156 Å². The Bertz CT molecular complexity index is 895. The highest BCUT2D eigenvalue weighted by Gasteiger charge is 2.36. The zero-order valence-corrected chi connectivity index (χ0v) is 15.3. The number of benzene rings is 2. The quantitative estimate of drug-likeness (QED) is 0.836. The highest BCUT2D eigenvalue weighted by Crippen LogP contribution is 2.27. The molecule has 0 saturated carbocycles. The molecule has 2 N–H and O–H groups in total. The van der Waals surface area contributed by atoms with Gasteiger partial charge in [0.15, 0.2) is 0 Å². The number of carboxylic acids is 1. The smallest absolute Gasteiger partial charge is 0.305 e. The van der Waals surface area contributed by atoms with Crippen LogP contribution in [-0.2, 0) is 14.4 Å². The van der Waals surface area contributed by atoms with Gasteiger partial charge in [-0.15, -0.1) is 0 Å². The van der Waals surface area contributed by atoms with E-state index in [1.54, 1.807) is 14.0 Å². The van der Waals surface area contributed by atoms with Crippen molar-refractivity contribution < 1.29 is 24.2 Å². The fourth-order valence-electron chi connectivity index (χ4n) is 3.38. The van der Waals surface area contributed by atoms with Gasteiger partial charge in [0.05, 0.1) is 19.4 Å². The lowest BCUT2D eigenvalue weighted by Crippen LogP contribution is -2.58. The van der Waals surface area contributed by atoms with Crippen molar-refractivity contribution in [3.8, 4) is 5.75 Å². The summed E-state index contributed by atoms with van der Waals surface area (Å²) in [6.07, 6.45) is -0.401. The van der Waals surface area contributed by atoms with Crippen molar-refractivity contribution in [2.75, 3.05) is 20.2 Å². The minimum absolute atomic E-state index is 0.246. The van der Waals surface area contributed by atoms with Crippen LogP contribution in [0.1, 0.15) is 24.8 Å². The summed E-state index contributed by atoms with van der Waals surface area (Å²) in [6.45, 7) is 2.40. The van der Waals surface area contributed by atoms with Crippen molar-refractivity contribution in [2.45, 2.75) is 25.3 Å². The van der Waals surface area contributed by atoms with Gasteiger partial charge in [0, 0.05) is 13.1 Å². The average Bonchev–Trinajstić information content (AvgIpc) is 2.67. The lowest BCUT2D eigenvalue weighted by atomic mass is 9.95. The fraction of sp³-hybridized carbons (Fsp3) is 0.350. The highest BCUT2D eigenvalue weighted by atomic mass is 16.5. The SMILES string of the molecule is COc1ccc2cc(C(C)C(=O)N3CCNC(=O)C3CC(=O)O)ccc2c1. The van der Waals surface area contributed by atoms with Crippen LogP contribution in [0.5, 0.6) is 5.75 Å². The van der Waals surface area contributed by atoms with E-state index >= 15 is 0 Å². The first-order valence-corrected chi connectivity index (χ1v) is 8.78. The second-order valence-corrected chi connectivity index (χ2v) is 6.63. The molecule has 1 heterocycles. The Morgan fingerprint density at radius 1 is 1.26 bits per heavy atom. The van der Waals surface area contributed by atoms with Crippen LogP contribution < -0.4 is 10.1 Å². The molecule has 1 fully saturated rings. The monoisotopic (exact) mass is 370 g/mol. The van der Waals surface area contributed by atoms with Crippen LogP contribution in [0.3, 0.4) is 0 Å². The Hall–Kier alpha value is -3.09. The van der Waals surface area contributed by atoms with E-state index in [-0.39, 0.29) is 5.91 Å². The molecule has 2 aromatic carbocycles. The van der Waals surface area contributed by atoms with Crippen LogP contribution >= 0.6 is 0 Å². The molecule has 2 aromatic rings. The minimum atomic E-state index is -1.11. The molecule has 0 spiro atoms. The lowest BCUT2D eigenvalue weighted by Gasteiger charge is -2.36. The lowest BCUT2D eigenvalue weighted by molar-refractivity contribution is -0.149. The number of piperazine rings is 1. The summed E-state index contributed by atoms with van der Waals surface area (Å²) in [5.41, 5.74) is 0.817. The van der Waals surface area contributed by atoms with E-state index in [0.29, 0.717) is 13.1 Å². The van der Waals surface area contributed by atoms with E-state index in [1.807, 2.05) is 36.4 Å². The van der Waals surface area contributed by atoms with Crippen LogP contribution in [-0.4, -0.2) is 54.0 Å². The Morgan fingerprint density at radius 2 is 1.96 bits per heavy atom. The number of fused-ring (bicyclic) bond motifs is 1. The molecule has 1 saturated heterocycles. The first kappa shape index (κ1) is 18.7. The highest BCUT2D eigenvalue weighted by molar-refractivity contribution is 5.94. The molecule has 27 heavy (non-hydrogen) atoms. The number of aliphatic carboxylic acids is 1. The second kappa shape index (κ2) is 7.65. The number of amides is 2. The predicted molar refractivity (Wildman–Crippen MR) is 99.7 cm³/mol. The van der Waals surface area contributed by atoms with Gasteiger partial charge in [-0.2, -0.15) is 0 Å². The maximum atomic E-state index is 13.0. The summed E-state index contributed by atoms with van der Waals surface area (Å²) in [7, 11) is 1.61. The molecule has 3 rings (SSSR count). The van der Waals surface area contributed by atoms with E-state index in [0.717, 1.165) is 22.1 Å². The molecule has 0 bridgehead atoms. The molecule has 0 radical (unpaired) electrons. The zero-order chi connectivity index (χ0) is 19.6. The summed E-state index contributed by atoms with van der Waals surface area (Å²) in [6, 6.07) is 10.5.